The Balaban J connectivity index is 2.14. The van der Waals surface area contributed by atoms with Crippen LogP contribution >= 0.6 is 0 Å². The number of carbonyl (C=O) groups is 1. The van der Waals surface area contributed by atoms with Gasteiger partial charge in [0, 0.05) is 12.7 Å². The standard InChI is InChI=1S/C16H21N3O2/c1-5-15(12-6-8-13(21-4)9-7-12)18-16(20)14-10-17-19(3)11(14)2/h6-10,15H,5H2,1-4H3,(H,18,20)/t15-/m1/s1. The molecule has 2 rings (SSSR count). The van der Waals surface area contributed by atoms with Crippen molar-refractivity contribution in [3.05, 3.63) is 47.3 Å². The summed E-state index contributed by atoms with van der Waals surface area (Å²) in [6.07, 6.45) is 2.42. The molecule has 0 saturated heterocycles. The molecule has 0 aliphatic carbocycles. The first-order valence-corrected chi connectivity index (χ1v) is 7.00. The second kappa shape index (κ2) is 6.43. The van der Waals surface area contributed by atoms with Crippen LogP contribution in [0.3, 0.4) is 0 Å². The highest BCUT2D eigenvalue weighted by molar-refractivity contribution is 5.95. The molecule has 1 atom stereocenters. The molecule has 0 fully saturated rings. The molecule has 1 aromatic carbocycles. The third-order valence-corrected chi connectivity index (χ3v) is 3.71. The van der Waals surface area contributed by atoms with Crippen molar-refractivity contribution in [1.29, 1.82) is 0 Å². The number of amides is 1. The maximum Gasteiger partial charge on any atom is 0.255 e. The van der Waals surface area contributed by atoms with E-state index in [1.807, 2.05) is 45.2 Å². The van der Waals surface area contributed by atoms with Gasteiger partial charge in [0.25, 0.3) is 5.91 Å². The monoisotopic (exact) mass is 287 g/mol. The van der Waals surface area contributed by atoms with Gasteiger partial charge in [0.1, 0.15) is 5.75 Å². The van der Waals surface area contributed by atoms with E-state index >= 15 is 0 Å². The summed E-state index contributed by atoms with van der Waals surface area (Å²) >= 11 is 0. The van der Waals surface area contributed by atoms with Gasteiger partial charge in [0.15, 0.2) is 0 Å². The van der Waals surface area contributed by atoms with Gasteiger partial charge in [-0.25, -0.2) is 0 Å². The topological polar surface area (TPSA) is 56.2 Å². The lowest BCUT2D eigenvalue weighted by Crippen LogP contribution is -2.28. The Morgan fingerprint density at radius 1 is 1.38 bits per heavy atom. The Morgan fingerprint density at radius 3 is 2.52 bits per heavy atom. The van der Waals surface area contributed by atoms with Gasteiger partial charge in [0.2, 0.25) is 0 Å². The van der Waals surface area contributed by atoms with E-state index in [1.54, 1.807) is 18.0 Å². The minimum absolute atomic E-state index is 0.0250. The van der Waals surface area contributed by atoms with E-state index < -0.39 is 0 Å². The zero-order valence-corrected chi connectivity index (χ0v) is 12.9. The molecule has 5 nitrogen and oxygen atoms in total. The van der Waals surface area contributed by atoms with Crippen LogP contribution < -0.4 is 10.1 Å². The first-order chi connectivity index (χ1) is 10.1. The number of hydrogen-bond donors (Lipinski definition) is 1. The van der Waals surface area contributed by atoms with Crippen molar-refractivity contribution in [3.63, 3.8) is 0 Å². The summed E-state index contributed by atoms with van der Waals surface area (Å²) in [6.45, 7) is 3.93. The molecule has 5 heteroatoms. The second-order valence-corrected chi connectivity index (χ2v) is 4.97. The molecular weight excluding hydrogens is 266 g/mol. The third-order valence-electron chi connectivity index (χ3n) is 3.71. The van der Waals surface area contributed by atoms with Crippen molar-refractivity contribution in [1.82, 2.24) is 15.1 Å². The average Bonchev–Trinajstić information content (AvgIpc) is 2.84. The quantitative estimate of drug-likeness (QED) is 0.919. The van der Waals surface area contributed by atoms with Gasteiger partial charge in [-0.05, 0) is 31.0 Å². The summed E-state index contributed by atoms with van der Waals surface area (Å²) < 4.78 is 6.85. The average molecular weight is 287 g/mol. The molecule has 0 unspecified atom stereocenters. The van der Waals surface area contributed by atoms with Crippen molar-refractivity contribution in [2.24, 2.45) is 7.05 Å². The molecule has 0 bridgehead atoms. The number of aryl methyl sites for hydroxylation is 1. The molecule has 1 N–H and O–H groups in total. The van der Waals surface area contributed by atoms with Gasteiger partial charge in [-0.2, -0.15) is 5.10 Å². The van der Waals surface area contributed by atoms with E-state index in [9.17, 15) is 4.79 Å². The minimum Gasteiger partial charge on any atom is -0.497 e. The van der Waals surface area contributed by atoms with Crippen LogP contribution in [0.2, 0.25) is 0 Å². The molecule has 1 amide bonds. The number of nitrogens with zero attached hydrogens (tertiary/aromatic N) is 2. The van der Waals surface area contributed by atoms with E-state index in [0.717, 1.165) is 23.4 Å². The second-order valence-electron chi connectivity index (χ2n) is 4.97. The molecule has 0 aliphatic heterocycles. The molecule has 1 heterocycles. The SMILES string of the molecule is CC[C@@H](NC(=O)c1cnn(C)c1C)c1ccc(OC)cc1. The van der Waals surface area contributed by atoms with Crippen LogP contribution in [0.1, 0.15) is 41.0 Å². The van der Waals surface area contributed by atoms with Gasteiger partial charge >= 0.3 is 0 Å². The van der Waals surface area contributed by atoms with Gasteiger partial charge in [-0.15, -0.1) is 0 Å². The van der Waals surface area contributed by atoms with Gasteiger partial charge < -0.3 is 10.1 Å². The summed E-state index contributed by atoms with van der Waals surface area (Å²) in [7, 11) is 3.46. The summed E-state index contributed by atoms with van der Waals surface area (Å²) in [5.74, 6) is 0.714. The predicted octanol–water partition coefficient (Wildman–Crippen LogP) is 2.62. The maximum atomic E-state index is 12.4. The van der Waals surface area contributed by atoms with E-state index in [0.29, 0.717) is 5.56 Å². The zero-order chi connectivity index (χ0) is 15.4. The molecule has 2 aromatic rings. The maximum absolute atomic E-state index is 12.4. The largest absolute Gasteiger partial charge is 0.497 e. The third kappa shape index (κ3) is 3.24. The van der Waals surface area contributed by atoms with Crippen LogP contribution in [0.5, 0.6) is 5.75 Å². The normalized spacial score (nSPS) is 12.0. The summed E-state index contributed by atoms with van der Waals surface area (Å²) in [5, 5.41) is 7.16. The predicted molar refractivity (Wildman–Crippen MR) is 81.4 cm³/mol. The fraction of sp³-hybridized carbons (Fsp3) is 0.375. The molecule has 1 aromatic heterocycles. The zero-order valence-electron chi connectivity index (χ0n) is 12.9. The molecule has 0 radical (unpaired) electrons. The first-order valence-electron chi connectivity index (χ1n) is 7.00. The molecule has 112 valence electrons. The van der Waals surface area contributed by atoms with Gasteiger partial charge in [-0.1, -0.05) is 19.1 Å². The van der Waals surface area contributed by atoms with Crippen molar-refractivity contribution < 1.29 is 9.53 Å². The number of methoxy groups -OCH3 is 1. The number of aromatic nitrogens is 2. The molecule has 0 spiro atoms. The van der Waals surface area contributed by atoms with Crippen LogP contribution in [0.4, 0.5) is 0 Å². The number of rotatable bonds is 5. The van der Waals surface area contributed by atoms with E-state index in [2.05, 4.69) is 10.4 Å². The van der Waals surface area contributed by atoms with Crippen LogP contribution in [0.15, 0.2) is 30.5 Å². The minimum atomic E-state index is -0.0942. The van der Waals surface area contributed by atoms with E-state index in [4.69, 9.17) is 4.74 Å². The van der Waals surface area contributed by atoms with E-state index in [-0.39, 0.29) is 11.9 Å². The highest BCUT2D eigenvalue weighted by atomic mass is 16.5. The van der Waals surface area contributed by atoms with Gasteiger partial charge in [0.05, 0.1) is 24.9 Å². The number of carbonyl (C=O) groups excluding carboxylic acids is 1. The van der Waals surface area contributed by atoms with Crippen LogP contribution in [-0.4, -0.2) is 22.8 Å². The highest BCUT2D eigenvalue weighted by Gasteiger charge is 2.17. The Kier molecular flexibility index (Phi) is 4.62. The summed E-state index contributed by atoms with van der Waals surface area (Å²) in [6, 6.07) is 7.73. The fourth-order valence-electron chi connectivity index (χ4n) is 2.21. The van der Waals surface area contributed by atoms with Crippen molar-refractivity contribution in [2.75, 3.05) is 7.11 Å². The van der Waals surface area contributed by atoms with Crippen LogP contribution in [0.25, 0.3) is 0 Å². The Labute approximate surface area is 124 Å². The Bertz CT molecular complexity index is 617. The van der Waals surface area contributed by atoms with Crippen LogP contribution in [-0.2, 0) is 7.05 Å². The summed E-state index contributed by atoms with van der Waals surface area (Å²) in [5.41, 5.74) is 2.54. The lowest BCUT2D eigenvalue weighted by molar-refractivity contribution is 0.0935. The van der Waals surface area contributed by atoms with Crippen molar-refractivity contribution >= 4 is 5.91 Å². The number of hydrogen-bond acceptors (Lipinski definition) is 3. The molecule has 21 heavy (non-hydrogen) atoms. The number of ether oxygens (including phenoxy) is 1. The van der Waals surface area contributed by atoms with Crippen molar-refractivity contribution in [3.8, 4) is 5.75 Å². The smallest absolute Gasteiger partial charge is 0.255 e. The lowest BCUT2D eigenvalue weighted by atomic mass is 10.0. The molecule has 0 aliphatic rings. The number of nitrogens with one attached hydrogen (secondary N) is 1. The summed E-state index contributed by atoms with van der Waals surface area (Å²) in [4.78, 5) is 12.4. The Hall–Kier alpha value is -2.30. The molecular formula is C16H21N3O2. The highest BCUT2D eigenvalue weighted by Crippen LogP contribution is 2.21. The Morgan fingerprint density at radius 2 is 2.05 bits per heavy atom. The lowest BCUT2D eigenvalue weighted by Gasteiger charge is -2.17. The first kappa shape index (κ1) is 15.1. The number of benzene rings is 1. The van der Waals surface area contributed by atoms with Gasteiger partial charge in [-0.3, -0.25) is 9.48 Å². The van der Waals surface area contributed by atoms with Crippen LogP contribution in [0, 0.1) is 6.92 Å². The van der Waals surface area contributed by atoms with E-state index in [1.165, 1.54) is 0 Å². The fourth-order valence-corrected chi connectivity index (χ4v) is 2.21. The van der Waals surface area contributed by atoms with Crippen molar-refractivity contribution in [2.45, 2.75) is 26.3 Å². The molecule has 0 saturated carbocycles.